The molecule has 1 aliphatic heterocycles. The minimum atomic E-state index is 0.175. The molecule has 74 valence electrons. The molecule has 1 aliphatic rings. The van der Waals surface area contributed by atoms with E-state index in [2.05, 4.69) is 5.32 Å². The maximum absolute atomic E-state index is 10.9. The molecule has 1 aromatic rings. The van der Waals surface area contributed by atoms with Crippen molar-refractivity contribution >= 4 is 11.5 Å². The third kappa shape index (κ3) is 1.87. The van der Waals surface area contributed by atoms with E-state index in [0.29, 0.717) is 13.0 Å². The number of anilines is 1. The first-order chi connectivity index (χ1) is 6.75. The van der Waals surface area contributed by atoms with Gasteiger partial charge >= 0.3 is 0 Å². The molecule has 1 N–H and O–H groups in total. The summed E-state index contributed by atoms with van der Waals surface area (Å²) in [7, 11) is 0. The SMILES string of the molecule is CC(=O)Cc1ccc2c(c1)OCCN2. The summed E-state index contributed by atoms with van der Waals surface area (Å²) in [6, 6.07) is 5.86. The smallest absolute Gasteiger partial charge is 0.142 e. The van der Waals surface area contributed by atoms with Gasteiger partial charge in [-0.2, -0.15) is 0 Å². The Morgan fingerprint density at radius 3 is 3.21 bits per heavy atom. The lowest BCUT2D eigenvalue weighted by molar-refractivity contribution is -0.116. The summed E-state index contributed by atoms with van der Waals surface area (Å²) in [6.07, 6.45) is 0.483. The van der Waals surface area contributed by atoms with Gasteiger partial charge in [0.05, 0.1) is 5.69 Å². The van der Waals surface area contributed by atoms with Crippen LogP contribution in [0.15, 0.2) is 18.2 Å². The van der Waals surface area contributed by atoms with Crippen LogP contribution in [0.25, 0.3) is 0 Å². The highest BCUT2D eigenvalue weighted by atomic mass is 16.5. The van der Waals surface area contributed by atoms with E-state index in [1.807, 2.05) is 18.2 Å². The highest BCUT2D eigenvalue weighted by Crippen LogP contribution is 2.28. The summed E-state index contributed by atoms with van der Waals surface area (Å²) < 4.78 is 5.47. The Balaban J connectivity index is 2.24. The monoisotopic (exact) mass is 191 g/mol. The van der Waals surface area contributed by atoms with Gasteiger partial charge in [0.1, 0.15) is 18.1 Å². The molecule has 0 saturated carbocycles. The van der Waals surface area contributed by atoms with Crippen LogP contribution in [0.4, 0.5) is 5.69 Å². The lowest BCUT2D eigenvalue weighted by atomic mass is 10.1. The highest BCUT2D eigenvalue weighted by molar-refractivity contribution is 5.78. The van der Waals surface area contributed by atoms with E-state index in [1.54, 1.807) is 6.92 Å². The quantitative estimate of drug-likeness (QED) is 0.772. The molecule has 1 heterocycles. The summed E-state index contributed by atoms with van der Waals surface area (Å²) in [5.41, 5.74) is 2.03. The highest BCUT2D eigenvalue weighted by Gasteiger charge is 2.10. The fourth-order valence-corrected chi connectivity index (χ4v) is 1.58. The third-order valence-electron chi connectivity index (χ3n) is 2.17. The van der Waals surface area contributed by atoms with E-state index < -0.39 is 0 Å². The first kappa shape index (κ1) is 9.06. The van der Waals surface area contributed by atoms with Gasteiger partial charge in [0.15, 0.2) is 0 Å². The van der Waals surface area contributed by atoms with Gasteiger partial charge < -0.3 is 10.1 Å². The molecule has 0 atom stereocenters. The van der Waals surface area contributed by atoms with Crippen molar-refractivity contribution in [3.8, 4) is 5.75 Å². The van der Waals surface area contributed by atoms with Crippen LogP contribution in [-0.2, 0) is 11.2 Å². The zero-order chi connectivity index (χ0) is 9.97. The number of fused-ring (bicyclic) bond motifs is 1. The predicted molar refractivity (Wildman–Crippen MR) is 54.8 cm³/mol. The Hall–Kier alpha value is -1.51. The summed E-state index contributed by atoms with van der Waals surface area (Å²) in [5, 5.41) is 3.23. The van der Waals surface area contributed by atoms with Gasteiger partial charge in [-0.15, -0.1) is 0 Å². The molecule has 0 spiro atoms. The van der Waals surface area contributed by atoms with E-state index in [9.17, 15) is 4.79 Å². The Morgan fingerprint density at radius 1 is 1.57 bits per heavy atom. The molecule has 0 radical (unpaired) electrons. The van der Waals surface area contributed by atoms with E-state index in [-0.39, 0.29) is 5.78 Å². The zero-order valence-corrected chi connectivity index (χ0v) is 8.17. The minimum Gasteiger partial charge on any atom is -0.490 e. The molecule has 3 nitrogen and oxygen atoms in total. The van der Waals surface area contributed by atoms with Crippen LogP contribution in [-0.4, -0.2) is 18.9 Å². The molecule has 0 aromatic heterocycles. The van der Waals surface area contributed by atoms with Crippen LogP contribution in [0.1, 0.15) is 12.5 Å². The number of rotatable bonds is 2. The van der Waals surface area contributed by atoms with Gasteiger partial charge in [-0.25, -0.2) is 0 Å². The van der Waals surface area contributed by atoms with Crippen LogP contribution in [0.3, 0.4) is 0 Å². The molecular weight excluding hydrogens is 178 g/mol. The molecule has 3 heteroatoms. The standard InChI is InChI=1S/C11H13NO2/c1-8(13)6-9-2-3-10-11(7-9)14-5-4-12-10/h2-3,7,12H,4-6H2,1H3. The van der Waals surface area contributed by atoms with Crippen molar-refractivity contribution in [3.63, 3.8) is 0 Å². The minimum absolute atomic E-state index is 0.175. The van der Waals surface area contributed by atoms with Crippen molar-refractivity contribution in [2.24, 2.45) is 0 Å². The molecule has 0 amide bonds. The number of hydrogen-bond acceptors (Lipinski definition) is 3. The first-order valence-electron chi connectivity index (χ1n) is 4.75. The van der Waals surface area contributed by atoms with Gasteiger partial charge in [0.25, 0.3) is 0 Å². The zero-order valence-electron chi connectivity index (χ0n) is 8.17. The molecular formula is C11H13NO2. The second kappa shape index (κ2) is 3.70. The normalized spacial score (nSPS) is 13.8. The Kier molecular flexibility index (Phi) is 2.39. The summed E-state index contributed by atoms with van der Waals surface area (Å²) in [6.45, 7) is 3.13. The maximum atomic E-state index is 10.9. The fraction of sp³-hybridized carbons (Fsp3) is 0.364. The fourth-order valence-electron chi connectivity index (χ4n) is 1.58. The summed E-state index contributed by atoms with van der Waals surface area (Å²) in [5.74, 6) is 1.03. The molecule has 14 heavy (non-hydrogen) atoms. The van der Waals surface area contributed by atoms with Crippen LogP contribution in [0.5, 0.6) is 5.75 Å². The van der Waals surface area contributed by atoms with Gasteiger partial charge in [-0.1, -0.05) is 6.07 Å². The van der Waals surface area contributed by atoms with Crippen molar-refractivity contribution < 1.29 is 9.53 Å². The van der Waals surface area contributed by atoms with Crippen molar-refractivity contribution in [1.82, 2.24) is 0 Å². The van der Waals surface area contributed by atoms with Crippen molar-refractivity contribution in [3.05, 3.63) is 23.8 Å². The van der Waals surface area contributed by atoms with Crippen molar-refractivity contribution in [1.29, 1.82) is 0 Å². The average Bonchev–Trinajstić information content (AvgIpc) is 2.17. The molecule has 0 fully saturated rings. The molecule has 1 aromatic carbocycles. The number of benzene rings is 1. The number of Topliss-reactive ketones (excluding diaryl/α,β-unsaturated/α-hetero) is 1. The number of carbonyl (C=O) groups is 1. The van der Waals surface area contributed by atoms with E-state index >= 15 is 0 Å². The number of nitrogens with one attached hydrogen (secondary N) is 1. The molecule has 0 aliphatic carbocycles. The summed E-state index contributed by atoms with van der Waals surface area (Å²) in [4.78, 5) is 10.9. The second-order valence-corrected chi connectivity index (χ2v) is 3.48. The molecule has 0 bridgehead atoms. The largest absolute Gasteiger partial charge is 0.490 e. The number of ether oxygens (including phenoxy) is 1. The lowest BCUT2D eigenvalue weighted by Crippen LogP contribution is -2.18. The number of ketones is 1. The first-order valence-corrected chi connectivity index (χ1v) is 4.75. The van der Waals surface area contributed by atoms with Crippen LogP contribution >= 0.6 is 0 Å². The average molecular weight is 191 g/mol. The van der Waals surface area contributed by atoms with Gasteiger partial charge in [-0.3, -0.25) is 4.79 Å². The summed E-state index contributed by atoms with van der Waals surface area (Å²) >= 11 is 0. The van der Waals surface area contributed by atoms with Crippen molar-refractivity contribution in [2.45, 2.75) is 13.3 Å². The second-order valence-electron chi connectivity index (χ2n) is 3.48. The Labute approximate surface area is 83.1 Å². The molecule has 2 rings (SSSR count). The van der Waals surface area contributed by atoms with E-state index in [4.69, 9.17) is 4.74 Å². The Bertz CT molecular complexity index is 360. The lowest BCUT2D eigenvalue weighted by Gasteiger charge is -2.19. The van der Waals surface area contributed by atoms with E-state index in [0.717, 1.165) is 23.5 Å². The van der Waals surface area contributed by atoms with Gasteiger partial charge in [0.2, 0.25) is 0 Å². The predicted octanol–water partition coefficient (Wildman–Crippen LogP) is 1.62. The maximum Gasteiger partial charge on any atom is 0.142 e. The Morgan fingerprint density at radius 2 is 2.43 bits per heavy atom. The van der Waals surface area contributed by atoms with E-state index in [1.165, 1.54) is 0 Å². The molecule has 0 saturated heterocycles. The molecule has 0 unspecified atom stereocenters. The van der Waals surface area contributed by atoms with Gasteiger partial charge in [-0.05, 0) is 24.6 Å². The van der Waals surface area contributed by atoms with Gasteiger partial charge in [0, 0.05) is 13.0 Å². The van der Waals surface area contributed by atoms with Crippen molar-refractivity contribution in [2.75, 3.05) is 18.5 Å². The van der Waals surface area contributed by atoms with Crippen LogP contribution in [0.2, 0.25) is 0 Å². The number of carbonyl (C=O) groups excluding carboxylic acids is 1. The van der Waals surface area contributed by atoms with Crippen LogP contribution in [0, 0.1) is 0 Å². The van der Waals surface area contributed by atoms with Crippen LogP contribution < -0.4 is 10.1 Å². The third-order valence-corrected chi connectivity index (χ3v) is 2.17. The topological polar surface area (TPSA) is 38.3 Å². The number of hydrogen-bond donors (Lipinski definition) is 1.